The van der Waals surface area contributed by atoms with Crippen LogP contribution in [0.5, 0.6) is 5.75 Å². The number of hydrazone groups is 1. The number of aryl methyl sites for hydroxylation is 1. The van der Waals surface area contributed by atoms with Crippen molar-refractivity contribution in [1.82, 2.24) is 5.43 Å². The molecule has 2 N–H and O–H groups in total. The molecule has 2 amide bonds. The van der Waals surface area contributed by atoms with E-state index in [1.807, 2.05) is 49.4 Å². The fourth-order valence-electron chi connectivity index (χ4n) is 2.76. The van der Waals surface area contributed by atoms with Crippen LogP contribution in [0.1, 0.15) is 31.8 Å². The van der Waals surface area contributed by atoms with E-state index in [0.717, 1.165) is 11.1 Å². The first kappa shape index (κ1) is 19.8. The number of nitrogens with zero attached hydrogens (tertiary/aromatic N) is 1. The van der Waals surface area contributed by atoms with Gasteiger partial charge in [0.05, 0.1) is 13.3 Å². The van der Waals surface area contributed by atoms with Crippen molar-refractivity contribution in [2.75, 3.05) is 12.4 Å². The van der Waals surface area contributed by atoms with Gasteiger partial charge in [-0.05, 0) is 48.9 Å². The Kier molecular flexibility index (Phi) is 6.37. The molecule has 0 spiro atoms. The lowest BCUT2D eigenvalue weighted by molar-refractivity contribution is 0.0953. The SMILES string of the molecule is COc1ccccc1/C=N\NC(=O)c1cccc(NC(=O)c2ccccc2C)c1. The van der Waals surface area contributed by atoms with Gasteiger partial charge < -0.3 is 10.1 Å². The van der Waals surface area contributed by atoms with Crippen LogP contribution >= 0.6 is 0 Å². The minimum Gasteiger partial charge on any atom is -0.496 e. The summed E-state index contributed by atoms with van der Waals surface area (Å²) in [7, 11) is 1.57. The number of rotatable bonds is 6. The minimum atomic E-state index is -0.386. The van der Waals surface area contributed by atoms with E-state index in [4.69, 9.17) is 4.74 Å². The van der Waals surface area contributed by atoms with Crippen molar-refractivity contribution in [2.24, 2.45) is 5.10 Å². The van der Waals surface area contributed by atoms with Crippen LogP contribution in [0.15, 0.2) is 77.9 Å². The lowest BCUT2D eigenvalue weighted by Crippen LogP contribution is -2.18. The van der Waals surface area contributed by atoms with E-state index in [1.165, 1.54) is 6.21 Å². The molecule has 0 unspecified atom stereocenters. The summed E-state index contributed by atoms with van der Waals surface area (Å²) in [5.41, 5.74) is 5.60. The van der Waals surface area contributed by atoms with Crippen LogP contribution in [-0.4, -0.2) is 25.1 Å². The lowest BCUT2D eigenvalue weighted by Gasteiger charge is -2.09. The quantitative estimate of drug-likeness (QED) is 0.495. The Morgan fingerprint density at radius 2 is 1.69 bits per heavy atom. The summed E-state index contributed by atoms with van der Waals surface area (Å²) in [6.45, 7) is 1.87. The van der Waals surface area contributed by atoms with Crippen molar-refractivity contribution < 1.29 is 14.3 Å². The van der Waals surface area contributed by atoms with Crippen molar-refractivity contribution >= 4 is 23.7 Å². The Morgan fingerprint density at radius 1 is 0.931 bits per heavy atom. The van der Waals surface area contributed by atoms with Crippen LogP contribution in [0.3, 0.4) is 0 Å². The third kappa shape index (κ3) is 5.07. The monoisotopic (exact) mass is 387 g/mol. The molecule has 3 aromatic carbocycles. The van der Waals surface area contributed by atoms with E-state index in [-0.39, 0.29) is 11.8 Å². The summed E-state index contributed by atoms with van der Waals surface area (Å²) in [4.78, 5) is 24.8. The van der Waals surface area contributed by atoms with Gasteiger partial charge in [0.15, 0.2) is 0 Å². The van der Waals surface area contributed by atoms with Crippen LogP contribution in [0.4, 0.5) is 5.69 Å². The molecule has 0 heterocycles. The maximum atomic E-state index is 12.5. The van der Waals surface area contributed by atoms with E-state index in [1.54, 1.807) is 37.4 Å². The first-order valence-electron chi connectivity index (χ1n) is 9.02. The Balaban J connectivity index is 1.67. The molecule has 3 aromatic rings. The van der Waals surface area contributed by atoms with Crippen molar-refractivity contribution in [3.63, 3.8) is 0 Å². The molecule has 3 rings (SSSR count). The third-order valence-electron chi connectivity index (χ3n) is 4.28. The number of amides is 2. The topological polar surface area (TPSA) is 79.8 Å². The molecule has 0 saturated heterocycles. The van der Waals surface area contributed by atoms with E-state index in [9.17, 15) is 9.59 Å². The van der Waals surface area contributed by atoms with Crippen LogP contribution in [0.25, 0.3) is 0 Å². The summed E-state index contributed by atoms with van der Waals surface area (Å²) < 4.78 is 5.24. The Hall–Kier alpha value is -3.93. The van der Waals surface area contributed by atoms with Gasteiger partial charge in [0.1, 0.15) is 5.75 Å². The molecule has 0 fully saturated rings. The minimum absolute atomic E-state index is 0.227. The van der Waals surface area contributed by atoms with Gasteiger partial charge >= 0.3 is 0 Å². The number of carbonyl (C=O) groups is 2. The van der Waals surface area contributed by atoms with E-state index >= 15 is 0 Å². The van der Waals surface area contributed by atoms with Gasteiger partial charge in [-0.3, -0.25) is 9.59 Å². The predicted octanol–water partition coefficient (Wildman–Crippen LogP) is 4.02. The number of anilines is 1. The van der Waals surface area contributed by atoms with Crippen molar-refractivity contribution in [1.29, 1.82) is 0 Å². The zero-order valence-electron chi connectivity index (χ0n) is 16.2. The number of para-hydroxylation sites is 1. The van der Waals surface area contributed by atoms with Crippen LogP contribution in [-0.2, 0) is 0 Å². The maximum absolute atomic E-state index is 12.5. The fourth-order valence-corrected chi connectivity index (χ4v) is 2.76. The molecule has 0 aliphatic carbocycles. The van der Waals surface area contributed by atoms with Gasteiger partial charge in [-0.2, -0.15) is 5.10 Å². The van der Waals surface area contributed by atoms with E-state index in [0.29, 0.717) is 22.6 Å². The zero-order valence-corrected chi connectivity index (χ0v) is 16.2. The smallest absolute Gasteiger partial charge is 0.271 e. The van der Waals surface area contributed by atoms with Crippen molar-refractivity contribution in [2.45, 2.75) is 6.92 Å². The Bertz CT molecular complexity index is 1060. The summed E-state index contributed by atoms with van der Waals surface area (Å²) >= 11 is 0. The van der Waals surface area contributed by atoms with Gasteiger partial charge in [-0.15, -0.1) is 0 Å². The molecule has 0 aliphatic rings. The lowest BCUT2D eigenvalue weighted by atomic mass is 10.1. The second-order valence-electron chi connectivity index (χ2n) is 6.29. The zero-order chi connectivity index (χ0) is 20.6. The number of hydrogen-bond donors (Lipinski definition) is 2. The van der Waals surface area contributed by atoms with E-state index in [2.05, 4.69) is 15.8 Å². The molecule has 29 heavy (non-hydrogen) atoms. The summed E-state index contributed by atoms with van der Waals surface area (Å²) in [5.74, 6) is 0.0457. The molecule has 0 radical (unpaired) electrons. The van der Waals surface area contributed by atoms with E-state index < -0.39 is 0 Å². The van der Waals surface area contributed by atoms with Crippen LogP contribution in [0, 0.1) is 6.92 Å². The summed E-state index contributed by atoms with van der Waals surface area (Å²) in [6, 6.07) is 21.3. The average Bonchev–Trinajstić information content (AvgIpc) is 2.74. The second-order valence-corrected chi connectivity index (χ2v) is 6.29. The highest BCUT2D eigenvalue weighted by Crippen LogP contribution is 2.16. The number of methoxy groups -OCH3 is 1. The number of hydrogen-bond acceptors (Lipinski definition) is 4. The highest BCUT2D eigenvalue weighted by Gasteiger charge is 2.10. The molecule has 0 atom stereocenters. The first-order chi connectivity index (χ1) is 14.1. The largest absolute Gasteiger partial charge is 0.496 e. The van der Waals surface area contributed by atoms with Crippen molar-refractivity contribution in [3.05, 3.63) is 95.1 Å². The van der Waals surface area contributed by atoms with Gasteiger partial charge in [0.25, 0.3) is 11.8 Å². The van der Waals surface area contributed by atoms with Gasteiger partial charge in [0.2, 0.25) is 0 Å². The molecule has 146 valence electrons. The average molecular weight is 387 g/mol. The van der Waals surface area contributed by atoms with Crippen LogP contribution < -0.4 is 15.5 Å². The summed E-state index contributed by atoms with van der Waals surface area (Å²) in [6.07, 6.45) is 1.51. The molecular weight excluding hydrogens is 366 g/mol. The van der Waals surface area contributed by atoms with Gasteiger partial charge in [-0.1, -0.05) is 36.4 Å². The highest BCUT2D eigenvalue weighted by atomic mass is 16.5. The number of ether oxygens (including phenoxy) is 1. The number of nitrogens with one attached hydrogen (secondary N) is 2. The van der Waals surface area contributed by atoms with Crippen molar-refractivity contribution in [3.8, 4) is 5.75 Å². The molecule has 6 heteroatoms. The normalized spacial score (nSPS) is 10.6. The van der Waals surface area contributed by atoms with Crippen LogP contribution in [0.2, 0.25) is 0 Å². The molecule has 0 aliphatic heterocycles. The summed E-state index contributed by atoms with van der Waals surface area (Å²) in [5, 5.41) is 6.80. The Morgan fingerprint density at radius 3 is 2.48 bits per heavy atom. The molecular formula is C23H21N3O3. The fraction of sp³-hybridized carbons (Fsp3) is 0.0870. The standard InChI is InChI=1S/C23H21N3O3/c1-16-8-3-5-12-20(16)23(28)25-19-11-7-10-17(14-19)22(27)26-24-15-18-9-4-6-13-21(18)29-2/h3-15H,1-2H3,(H,25,28)(H,26,27)/b24-15-. The Labute approximate surface area is 169 Å². The maximum Gasteiger partial charge on any atom is 0.271 e. The number of benzene rings is 3. The molecule has 0 aromatic heterocycles. The predicted molar refractivity (Wildman–Crippen MR) is 114 cm³/mol. The second kappa shape index (κ2) is 9.32. The molecule has 6 nitrogen and oxygen atoms in total. The highest BCUT2D eigenvalue weighted by molar-refractivity contribution is 6.06. The molecule has 0 bridgehead atoms. The third-order valence-corrected chi connectivity index (χ3v) is 4.28. The first-order valence-corrected chi connectivity index (χ1v) is 9.02. The van der Waals surface area contributed by atoms with Gasteiger partial charge in [0, 0.05) is 22.4 Å². The van der Waals surface area contributed by atoms with Gasteiger partial charge in [-0.25, -0.2) is 5.43 Å². The molecule has 0 saturated carbocycles. The number of carbonyl (C=O) groups excluding carboxylic acids is 2.